The number of amides is 2. The van der Waals surface area contributed by atoms with Crippen molar-refractivity contribution in [3.05, 3.63) is 78.4 Å². The van der Waals surface area contributed by atoms with E-state index in [2.05, 4.69) is 5.32 Å². The zero-order valence-corrected chi connectivity index (χ0v) is 21.7. The number of ether oxygens (including phenoxy) is 2. The smallest absolute Gasteiger partial charge is 0.267 e. The van der Waals surface area contributed by atoms with E-state index in [0.29, 0.717) is 42.3 Å². The molecule has 1 aliphatic heterocycles. The van der Waals surface area contributed by atoms with Gasteiger partial charge in [0, 0.05) is 31.9 Å². The van der Waals surface area contributed by atoms with Crippen molar-refractivity contribution >= 4 is 33.2 Å². The molecule has 1 atom stereocenters. The number of anilines is 2. The molecule has 1 unspecified atom stereocenters. The number of sulfonamides is 1. The quantitative estimate of drug-likeness (QED) is 0.428. The fourth-order valence-electron chi connectivity index (χ4n) is 3.84. The highest BCUT2D eigenvalue weighted by atomic mass is 32.2. The minimum atomic E-state index is -3.59. The van der Waals surface area contributed by atoms with Crippen LogP contribution in [-0.4, -0.2) is 57.9 Å². The number of fused-ring (bicyclic) bond motifs is 1. The maximum atomic E-state index is 12.9. The van der Waals surface area contributed by atoms with Gasteiger partial charge >= 0.3 is 0 Å². The first-order valence-corrected chi connectivity index (χ1v) is 13.2. The van der Waals surface area contributed by atoms with E-state index in [-0.39, 0.29) is 10.8 Å². The fourth-order valence-corrected chi connectivity index (χ4v) is 4.74. The first-order valence-electron chi connectivity index (χ1n) is 11.8. The first-order chi connectivity index (χ1) is 17.7. The van der Waals surface area contributed by atoms with Gasteiger partial charge in [0.15, 0.2) is 6.10 Å². The molecule has 0 fully saturated rings. The van der Waals surface area contributed by atoms with Crippen LogP contribution >= 0.6 is 0 Å². The van der Waals surface area contributed by atoms with Crippen LogP contribution in [0, 0.1) is 0 Å². The summed E-state index contributed by atoms with van der Waals surface area (Å²) in [6.07, 6.45) is -0.0223. The molecule has 37 heavy (non-hydrogen) atoms. The Balaban J connectivity index is 1.46. The van der Waals surface area contributed by atoms with Crippen molar-refractivity contribution in [2.75, 3.05) is 37.5 Å². The molecule has 3 aromatic carbocycles. The predicted octanol–water partition coefficient (Wildman–Crippen LogP) is 3.77. The summed E-state index contributed by atoms with van der Waals surface area (Å²) < 4.78 is 37.1. The number of carbonyl (C=O) groups is 2. The molecule has 0 aromatic heterocycles. The van der Waals surface area contributed by atoms with E-state index in [1.807, 2.05) is 30.3 Å². The average molecular weight is 524 g/mol. The Morgan fingerprint density at radius 3 is 2.43 bits per heavy atom. The Morgan fingerprint density at radius 1 is 1.05 bits per heavy atom. The molecule has 10 heteroatoms. The number of hydrogen-bond donors (Lipinski definition) is 1. The van der Waals surface area contributed by atoms with Crippen LogP contribution in [0.4, 0.5) is 11.4 Å². The van der Waals surface area contributed by atoms with Crippen molar-refractivity contribution in [2.45, 2.75) is 24.3 Å². The van der Waals surface area contributed by atoms with Crippen LogP contribution < -0.4 is 19.7 Å². The zero-order valence-electron chi connectivity index (χ0n) is 20.9. The van der Waals surface area contributed by atoms with Crippen LogP contribution in [0.3, 0.4) is 0 Å². The van der Waals surface area contributed by atoms with Crippen molar-refractivity contribution in [2.24, 2.45) is 0 Å². The van der Waals surface area contributed by atoms with E-state index in [4.69, 9.17) is 9.47 Å². The van der Waals surface area contributed by atoms with Crippen molar-refractivity contribution in [3.63, 3.8) is 0 Å². The Hall–Kier alpha value is -3.89. The molecule has 1 aliphatic rings. The number of nitrogens with zero attached hydrogens (tertiary/aromatic N) is 2. The third-order valence-corrected chi connectivity index (χ3v) is 7.69. The number of hydrogen-bond acceptors (Lipinski definition) is 6. The molecule has 1 heterocycles. The number of rotatable bonds is 9. The minimum Gasteiger partial charge on any atom is -0.494 e. The minimum absolute atomic E-state index is 0.0968. The van der Waals surface area contributed by atoms with Gasteiger partial charge in [-0.2, -0.15) is 0 Å². The molecule has 194 valence electrons. The maximum Gasteiger partial charge on any atom is 0.267 e. The van der Waals surface area contributed by atoms with Gasteiger partial charge in [0.2, 0.25) is 10.0 Å². The van der Waals surface area contributed by atoms with Crippen molar-refractivity contribution in [1.29, 1.82) is 0 Å². The molecule has 0 aliphatic carbocycles. The second kappa shape index (κ2) is 11.0. The lowest BCUT2D eigenvalue weighted by atomic mass is 10.1. The van der Waals surface area contributed by atoms with Crippen molar-refractivity contribution in [3.8, 4) is 11.5 Å². The van der Waals surface area contributed by atoms with Crippen LogP contribution in [-0.2, 0) is 14.8 Å². The summed E-state index contributed by atoms with van der Waals surface area (Å²) in [4.78, 5) is 27.5. The highest BCUT2D eigenvalue weighted by Crippen LogP contribution is 2.36. The summed E-state index contributed by atoms with van der Waals surface area (Å²) >= 11 is 0. The standard InChI is InChI=1S/C27H29N3O6S/c1-19-27(32)30(16-7-17-35-22-8-5-4-6-9-22)24-18-21(12-15-25(24)36-19)28-26(31)20-10-13-23(14-11-20)37(33,34)29(2)3/h4-6,8-15,18-19H,7,16-17H2,1-3H3,(H,28,31). The summed E-state index contributed by atoms with van der Waals surface area (Å²) in [7, 11) is -0.698. The fraction of sp³-hybridized carbons (Fsp3) is 0.259. The lowest BCUT2D eigenvalue weighted by molar-refractivity contribution is -0.125. The van der Waals surface area contributed by atoms with Gasteiger partial charge in [0.1, 0.15) is 11.5 Å². The van der Waals surface area contributed by atoms with E-state index >= 15 is 0 Å². The molecule has 0 radical (unpaired) electrons. The van der Waals surface area contributed by atoms with Crippen LogP contribution in [0.25, 0.3) is 0 Å². The van der Waals surface area contributed by atoms with Crippen molar-refractivity contribution in [1.82, 2.24) is 4.31 Å². The molecule has 2 amide bonds. The Labute approximate surface area is 216 Å². The Morgan fingerprint density at radius 2 is 1.76 bits per heavy atom. The van der Waals surface area contributed by atoms with Gasteiger partial charge in [-0.3, -0.25) is 9.59 Å². The lowest BCUT2D eigenvalue weighted by Gasteiger charge is -2.33. The topological polar surface area (TPSA) is 105 Å². The monoisotopic (exact) mass is 523 g/mol. The molecule has 9 nitrogen and oxygen atoms in total. The van der Waals surface area contributed by atoms with Crippen LogP contribution in [0.15, 0.2) is 77.7 Å². The normalized spacial score (nSPS) is 15.2. The molecule has 1 N–H and O–H groups in total. The highest BCUT2D eigenvalue weighted by Gasteiger charge is 2.31. The zero-order chi connectivity index (χ0) is 26.6. The Bertz CT molecular complexity index is 1380. The van der Waals surface area contributed by atoms with Gasteiger partial charge in [-0.1, -0.05) is 18.2 Å². The maximum absolute atomic E-state index is 12.9. The van der Waals surface area contributed by atoms with E-state index in [9.17, 15) is 18.0 Å². The average Bonchev–Trinajstić information content (AvgIpc) is 2.89. The molecule has 0 spiro atoms. The largest absolute Gasteiger partial charge is 0.494 e. The number of nitrogens with one attached hydrogen (secondary N) is 1. The summed E-state index contributed by atoms with van der Waals surface area (Å²) in [6.45, 7) is 2.56. The first kappa shape index (κ1) is 26.2. The molecule has 0 saturated carbocycles. The van der Waals surface area contributed by atoms with Crippen LogP contribution in [0.1, 0.15) is 23.7 Å². The molecule has 0 saturated heterocycles. The van der Waals surface area contributed by atoms with Gasteiger partial charge in [-0.25, -0.2) is 12.7 Å². The molecule has 4 rings (SSSR count). The van der Waals surface area contributed by atoms with Crippen LogP contribution in [0.2, 0.25) is 0 Å². The van der Waals surface area contributed by atoms with E-state index < -0.39 is 22.0 Å². The third-order valence-electron chi connectivity index (χ3n) is 5.86. The lowest BCUT2D eigenvalue weighted by Crippen LogP contribution is -2.45. The number of para-hydroxylation sites is 1. The number of benzene rings is 3. The van der Waals surface area contributed by atoms with Gasteiger partial charge in [-0.05, 0) is 67.9 Å². The summed E-state index contributed by atoms with van der Waals surface area (Å²) in [5.41, 5.74) is 1.34. The summed E-state index contributed by atoms with van der Waals surface area (Å²) in [5, 5.41) is 2.81. The number of carbonyl (C=O) groups excluding carboxylic acids is 2. The molecular formula is C27H29N3O6S. The summed E-state index contributed by atoms with van der Waals surface area (Å²) in [5.74, 6) is 0.732. The molecule has 3 aromatic rings. The van der Waals surface area contributed by atoms with Crippen LogP contribution in [0.5, 0.6) is 11.5 Å². The molecule has 0 bridgehead atoms. The second-order valence-corrected chi connectivity index (χ2v) is 10.9. The SMILES string of the molecule is CC1Oc2ccc(NC(=O)c3ccc(S(=O)(=O)N(C)C)cc3)cc2N(CCCOc2ccccc2)C1=O. The van der Waals surface area contributed by atoms with Crippen molar-refractivity contribution < 1.29 is 27.5 Å². The van der Waals surface area contributed by atoms with E-state index in [1.54, 1.807) is 30.0 Å². The van der Waals surface area contributed by atoms with E-state index in [1.165, 1.54) is 38.4 Å². The summed E-state index contributed by atoms with van der Waals surface area (Å²) in [6, 6.07) is 20.3. The molecular weight excluding hydrogens is 494 g/mol. The van der Waals surface area contributed by atoms with Gasteiger partial charge in [0.05, 0.1) is 17.2 Å². The predicted molar refractivity (Wildman–Crippen MR) is 141 cm³/mol. The second-order valence-electron chi connectivity index (χ2n) is 8.71. The van der Waals surface area contributed by atoms with Gasteiger partial charge in [0.25, 0.3) is 11.8 Å². The van der Waals surface area contributed by atoms with Gasteiger partial charge in [-0.15, -0.1) is 0 Å². The van der Waals surface area contributed by atoms with Gasteiger partial charge < -0.3 is 19.7 Å². The Kier molecular flexibility index (Phi) is 7.80. The highest BCUT2D eigenvalue weighted by molar-refractivity contribution is 7.89. The van der Waals surface area contributed by atoms with E-state index in [0.717, 1.165) is 10.1 Å². The third kappa shape index (κ3) is 5.92.